The van der Waals surface area contributed by atoms with Crippen molar-refractivity contribution in [2.75, 3.05) is 0 Å². The topological polar surface area (TPSA) is 12.4 Å². The Morgan fingerprint density at radius 1 is 1.31 bits per heavy atom. The maximum absolute atomic E-state index is 4.30. The van der Waals surface area contributed by atoms with Gasteiger partial charge in [0.1, 0.15) is 0 Å². The van der Waals surface area contributed by atoms with Crippen LogP contribution in [0, 0.1) is 5.92 Å². The second-order valence-corrected chi connectivity index (χ2v) is 3.10. The van der Waals surface area contributed by atoms with Gasteiger partial charge in [-0.3, -0.25) is 4.99 Å². The summed E-state index contributed by atoms with van der Waals surface area (Å²) in [5, 5.41) is 0. The smallest absolute Gasteiger partial charge is 0.0654 e. The summed E-state index contributed by atoms with van der Waals surface area (Å²) in [7, 11) is 0. The fourth-order valence-electron chi connectivity index (χ4n) is 1.18. The second kappa shape index (κ2) is 6.41. The van der Waals surface area contributed by atoms with Crippen LogP contribution in [0.4, 0.5) is 0 Å². The molecule has 0 unspecified atom stereocenters. The summed E-state index contributed by atoms with van der Waals surface area (Å²) < 4.78 is 0. The van der Waals surface area contributed by atoms with Gasteiger partial charge in [0, 0.05) is 6.20 Å². The van der Waals surface area contributed by atoms with E-state index in [1.807, 2.05) is 19.9 Å². The van der Waals surface area contributed by atoms with E-state index in [0.717, 1.165) is 5.71 Å². The number of hydrogen-bond donors (Lipinski definition) is 0. The number of rotatable bonds is 4. The van der Waals surface area contributed by atoms with E-state index in [2.05, 4.69) is 31.5 Å². The third kappa shape index (κ3) is 3.88. The van der Waals surface area contributed by atoms with Crippen LogP contribution < -0.4 is 0 Å². The Balaban J connectivity index is 4.85. The first-order valence-electron chi connectivity index (χ1n) is 4.65. The average Bonchev–Trinajstić information content (AvgIpc) is 2.11. The normalized spacial score (nSPS) is 14.2. The fraction of sp³-hybridized carbons (Fsp3) is 0.417. The van der Waals surface area contributed by atoms with Gasteiger partial charge in [-0.05, 0) is 31.4 Å². The van der Waals surface area contributed by atoms with Crippen molar-refractivity contribution < 1.29 is 0 Å². The van der Waals surface area contributed by atoms with Crippen LogP contribution >= 0.6 is 0 Å². The highest BCUT2D eigenvalue weighted by atomic mass is 14.7. The summed E-state index contributed by atoms with van der Waals surface area (Å²) >= 11 is 0. The lowest BCUT2D eigenvalue weighted by molar-refractivity contribution is 0.801. The van der Waals surface area contributed by atoms with Crippen LogP contribution in [-0.4, -0.2) is 5.71 Å². The Hall–Kier alpha value is -1.11. The van der Waals surface area contributed by atoms with Crippen molar-refractivity contribution in [2.24, 2.45) is 10.9 Å². The highest BCUT2D eigenvalue weighted by molar-refractivity contribution is 6.08. The molecule has 0 amide bonds. The van der Waals surface area contributed by atoms with Gasteiger partial charge < -0.3 is 0 Å². The lowest BCUT2D eigenvalue weighted by Gasteiger charge is -2.09. The minimum absolute atomic E-state index is 0.493. The van der Waals surface area contributed by atoms with Gasteiger partial charge in [0.05, 0.1) is 5.71 Å². The molecule has 0 heterocycles. The van der Waals surface area contributed by atoms with Gasteiger partial charge in [-0.2, -0.15) is 0 Å². The molecule has 0 aromatic heterocycles. The van der Waals surface area contributed by atoms with Crippen LogP contribution in [0.5, 0.6) is 0 Å². The molecule has 0 aliphatic heterocycles. The van der Waals surface area contributed by atoms with E-state index in [4.69, 9.17) is 0 Å². The Kier molecular flexibility index (Phi) is 5.86. The minimum atomic E-state index is 0.493. The van der Waals surface area contributed by atoms with E-state index in [1.165, 1.54) is 5.57 Å². The average molecular weight is 177 g/mol. The summed E-state index contributed by atoms with van der Waals surface area (Å²) in [5.41, 5.74) is 2.21. The first kappa shape index (κ1) is 11.9. The minimum Gasteiger partial charge on any atom is -0.257 e. The van der Waals surface area contributed by atoms with Crippen molar-refractivity contribution in [1.82, 2.24) is 0 Å². The number of aliphatic imine (C=N–C) groups is 1. The van der Waals surface area contributed by atoms with Crippen molar-refractivity contribution in [2.45, 2.75) is 27.7 Å². The molecule has 0 radical (unpaired) electrons. The van der Waals surface area contributed by atoms with Gasteiger partial charge in [-0.25, -0.2) is 0 Å². The second-order valence-electron chi connectivity index (χ2n) is 3.10. The van der Waals surface area contributed by atoms with Crippen LogP contribution in [0.1, 0.15) is 27.7 Å². The Morgan fingerprint density at radius 3 is 2.23 bits per heavy atom. The fourth-order valence-corrected chi connectivity index (χ4v) is 1.18. The van der Waals surface area contributed by atoms with Crippen molar-refractivity contribution >= 4 is 5.71 Å². The zero-order valence-corrected chi connectivity index (χ0v) is 9.04. The molecular weight excluding hydrogens is 158 g/mol. The maximum Gasteiger partial charge on any atom is 0.0654 e. The molecule has 72 valence electrons. The molecule has 0 aliphatic carbocycles. The van der Waals surface area contributed by atoms with Gasteiger partial charge in [0.15, 0.2) is 0 Å². The molecule has 0 fully saturated rings. The van der Waals surface area contributed by atoms with E-state index in [-0.39, 0.29) is 0 Å². The standard InChI is InChI=1S/C12H19N/c1-6-9-13-12(8-3)11(7-2)10(4)5/h6-10H,3H2,1-2,4-5H3/b9-6+,11-7-,13-12-. The molecule has 0 saturated carbocycles. The molecule has 0 atom stereocenters. The van der Waals surface area contributed by atoms with Crippen LogP contribution in [-0.2, 0) is 0 Å². The van der Waals surface area contributed by atoms with E-state index >= 15 is 0 Å². The van der Waals surface area contributed by atoms with Gasteiger partial charge >= 0.3 is 0 Å². The van der Waals surface area contributed by atoms with Gasteiger partial charge in [0.25, 0.3) is 0 Å². The first-order valence-corrected chi connectivity index (χ1v) is 4.65. The summed E-state index contributed by atoms with van der Waals surface area (Å²) in [5.74, 6) is 0.493. The predicted octanol–water partition coefficient (Wildman–Crippen LogP) is 3.75. The molecule has 0 saturated heterocycles. The monoisotopic (exact) mass is 177 g/mol. The first-order chi connectivity index (χ1) is 6.17. The summed E-state index contributed by atoms with van der Waals surface area (Å²) in [6.07, 6.45) is 7.60. The van der Waals surface area contributed by atoms with Gasteiger partial charge in [-0.1, -0.05) is 32.6 Å². The third-order valence-corrected chi connectivity index (χ3v) is 1.78. The molecule has 0 spiro atoms. The molecule has 0 aliphatic rings. The van der Waals surface area contributed by atoms with Crippen molar-refractivity contribution in [1.29, 1.82) is 0 Å². The molecule has 1 nitrogen and oxygen atoms in total. The maximum atomic E-state index is 4.30. The molecular formula is C12H19N. The largest absolute Gasteiger partial charge is 0.257 e. The summed E-state index contributed by atoms with van der Waals surface area (Å²) in [6.45, 7) is 12.1. The van der Waals surface area contributed by atoms with Crippen molar-refractivity contribution in [3.8, 4) is 0 Å². The molecule has 0 aromatic rings. The van der Waals surface area contributed by atoms with E-state index in [1.54, 1.807) is 12.3 Å². The summed E-state index contributed by atoms with van der Waals surface area (Å²) in [4.78, 5) is 4.30. The summed E-state index contributed by atoms with van der Waals surface area (Å²) in [6, 6.07) is 0. The third-order valence-electron chi connectivity index (χ3n) is 1.78. The Morgan fingerprint density at radius 2 is 1.92 bits per heavy atom. The SMILES string of the molecule is C=CC(=N/C=C/C)/C(=C\C)C(C)C. The zero-order valence-electron chi connectivity index (χ0n) is 9.04. The van der Waals surface area contributed by atoms with Crippen molar-refractivity contribution in [3.05, 3.63) is 36.6 Å². The molecule has 0 aromatic carbocycles. The van der Waals surface area contributed by atoms with E-state index < -0.39 is 0 Å². The lowest BCUT2D eigenvalue weighted by atomic mass is 9.98. The molecule has 0 rings (SSSR count). The van der Waals surface area contributed by atoms with Crippen molar-refractivity contribution in [3.63, 3.8) is 0 Å². The lowest BCUT2D eigenvalue weighted by Crippen LogP contribution is -2.05. The quantitative estimate of drug-likeness (QED) is 0.580. The highest BCUT2D eigenvalue weighted by Gasteiger charge is 2.05. The van der Waals surface area contributed by atoms with Crippen LogP contribution in [0.25, 0.3) is 0 Å². The van der Waals surface area contributed by atoms with E-state index in [9.17, 15) is 0 Å². The molecule has 0 bridgehead atoms. The van der Waals surface area contributed by atoms with Gasteiger partial charge in [-0.15, -0.1) is 0 Å². The Labute approximate surface area is 81.6 Å². The Bertz CT molecular complexity index is 242. The van der Waals surface area contributed by atoms with Crippen LogP contribution in [0.15, 0.2) is 41.6 Å². The van der Waals surface area contributed by atoms with Gasteiger partial charge in [0.2, 0.25) is 0 Å². The highest BCUT2D eigenvalue weighted by Crippen LogP contribution is 2.12. The zero-order chi connectivity index (χ0) is 10.3. The molecule has 1 heteroatoms. The molecule has 13 heavy (non-hydrogen) atoms. The predicted molar refractivity (Wildman–Crippen MR) is 61.0 cm³/mol. The molecule has 0 N–H and O–H groups in total. The number of nitrogens with zero attached hydrogens (tertiary/aromatic N) is 1. The number of allylic oxidation sites excluding steroid dienone is 4. The van der Waals surface area contributed by atoms with Crippen LogP contribution in [0.3, 0.4) is 0 Å². The van der Waals surface area contributed by atoms with Crippen LogP contribution in [0.2, 0.25) is 0 Å². The van der Waals surface area contributed by atoms with E-state index in [0.29, 0.717) is 5.92 Å². The number of hydrogen-bond acceptors (Lipinski definition) is 1.